The van der Waals surface area contributed by atoms with E-state index in [2.05, 4.69) is 5.73 Å². The molecule has 0 radical (unpaired) electrons. The Morgan fingerprint density at radius 2 is 2.10 bits per heavy atom. The van der Waals surface area contributed by atoms with E-state index in [9.17, 15) is 0 Å². The van der Waals surface area contributed by atoms with Crippen LogP contribution in [0.4, 0.5) is 5.69 Å². The van der Waals surface area contributed by atoms with Crippen LogP contribution in [0, 0.1) is 11.3 Å². The molecular formula is C7H7BrN2. The minimum Gasteiger partial charge on any atom is -1.00 e. The van der Waals surface area contributed by atoms with Crippen molar-refractivity contribution in [2.24, 2.45) is 0 Å². The van der Waals surface area contributed by atoms with Gasteiger partial charge in [0.1, 0.15) is 5.69 Å². The molecule has 1 aromatic rings. The van der Waals surface area contributed by atoms with Crippen molar-refractivity contribution in [1.29, 1.82) is 5.26 Å². The zero-order valence-electron chi connectivity index (χ0n) is 5.34. The number of quaternary nitrogens is 1. The van der Waals surface area contributed by atoms with E-state index in [1.807, 2.05) is 18.2 Å². The predicted molar refractivity (Wildman–Crippen MR) is 33.7 cm³/mol. The smallest absolute Gasteiger partial charge is 0.129 e. The fraction of sp³-hybridized carbons (Fsp3) is 0. The number of hydrogen-bond donors (Lipinski definition) is 1. The normalized spacial score (nSPS) is 7.60. The van der Waals surface area contributed by atoms with Crippen LogP contribution in [0.15, 0.2) is 24.3 Å². The Morgan fingerprint density at radius 3 is 2.50 bits per heavy atom. The third kappa shape index (κ3) is 2.18. The second kappa shape index (κ2) is 4.04. The van der Waals surface area contributed by atoms with Gasteiger partial charge >= 0.3 is 0 Å². The molecule has 10 heavy (non-hydrogen) atoms. The molecular weight excluding hydrogens is 192 g/mol. The molecule has 0 aromatic heterocycles. The maximum Gasteiger partial charge on any atom is 0.129 e. The maximum atomic E-state index is 8.38. The molecule has 3 N–H and O–H groups in total. The monoisotopic (exact) mass is 198 g/mol. The number of halogens is 1. The van der Waals surface area contributed by atoms with Crippen molar-refractivity contribution >= 4 is 5.69 Å². The van der Waals surface area contributed by atoms with E-state index in [0.717, 1.165) is 5.69 Å². The van der Waals surface area contributed by atoms with Crippen LogP contribution in [0.1, 0.15) is 5.56 Å². The summed E-state index contributed by atoms with van der Waals surface area (Å²) in [4.78, 5) is 0. The molecule has 0 fully saturated rings. The van der Waals surface area contributed by atoms with E-state index in [1.165, 1.54) is 0 Å². The van der Waals surface area contributed by atoms with E-state index in [0.29, 0.717) is 5.56 Å². The Bertz CT molecular complexity index is 252. The molecule has 1 aromatic carbocycles. The van der Waals surface area contributed by atoms with Gasteiger partial charge in [0.15, 0.2) is 0 Å². The zero-order chi connectivity index (χ0) is 6.69. The number of benzene rings is 1. The average Bonchev–Trinajstić information content (AvgIpc) is 1.88. The Morgan fingerprint density at radius 1 is 1.40 bits per heavy atom. The number of rotatable bonds is 0. The minimum absolute atomic E-state index is 0. The van der Waals surface area contributed by atoms with Gasteiger partial charge in [-0.25, -0.2) is 0 Å². The van der Waals surface area contributed by atoms with Gasteiger partial charge in [0.25, 0.3) is 0 Å². The van der Waals surface area contributed by atoms with Crippen molar-refractivity contribution < 1.29 is 22.7 Å². The molecule has 0 saturated heterocycles. The first kappa shape index (κ1) is 9.15. The summed E-state index contributed by atoms with van der Waals surface area (Å²) in [6.07, 6.45) is 0. The van der Waals surface area contributed by atoms with E-state index in [-0.39, 0.29) is 17.0 Å². The molecule has 0 aliphatic heterocycles. The Balaban J connectivity index is 0.000000810. The van der Waals surface area contributed by atoms with Crippen molar-refractivity contribution in [2.75, 3.05) is 0 Å². The molecule has 3 heteroatoms. The van der Waals surface area contributed by atoms with Crippen molar-refractivity contribution in [3.05, 3.63) is 29.8 Å². The summed E-state index contributed by atoms with van der Waals surface area (Å²) >= 11 is 0. The standard InChI is InChI=1S/C7H6N2.BrH/c8-5-6-2-1-3-7(9)4-6;/h1-4H,9H2;1H. The molecule has 1 rings (SSSR count). The predicted octanol–water partition coefficient (Wildman–Crippen LogP) is -2.56. The van der Waals surface area contributed by atoms with Crippen molar-refractivity contribution in [3.8, 4) is 6.07 Å². The SMILES string of the molecule is N#Cc1cccc([NH3+])c1.[Br-]. The number of nitrogens with zero attached hydrogens (tertiary/aromatic N) is 1. The molecule has 0 aliphatic carbocycles. The van der Waals surface area contributed by atoms with Gasteiger partial charge in [-0.15, -0.1) is 0 Å². The van der Waals surface area contributed by atoms with Gasteiger partial charge in [-0.3, -0.25) is 0 Å². The first-order valence-electron chi connectivity index (χ1n) is 2.65. The van der Waals surface area contributed by atoms with E-state index < -0.39 is 0 Å². The summed E-state index contributed by atoms with van der Waals surface area (Å²) in [5, 5.41) is 8.38. The third-order valence-electron chi connectivity index (χ3n) is 1.06. The topological polar surface area (TPSA) is 51.4 Å². The molecule has 0 heterocycles. The number of nitriles is 1. The van der Waals surface area contributed by atoms with Crippen molar-refractivity contribution in [2.45, 2.75) is 0 Å². The zero-order valence-corrected chi connectivity index (χ0v) is 6.93. The highest BCUT2D eigenvalue weighted by atomic mass is 79.9. The lowest BCUT2D eigenvalue weighted by molar-refractivity contribution is -0.254. The molecule has 0 bridgehead atoms. The van der Waals surface area contributed by atoms with Crippen molar-refractivity contribution in [3.63, 3.8) is 0 Å². The van der Waals surface area contributed by atoms with E-state index in [4.69, 9.17) is 5.26 Å². The second-order valence-corrected chi connectivity index (χ2v) is 1.81. The summed E-state index contributed by atoms with van der Waals surface area (Å²) < 4.78 is 0. The van der Waals surface area contributed by atoms with Gasteiger partial charge in [-0.2, -0.15) is 5.26 Å². The van der Waals surface area contributed by atoms with E-state index in [1.54, 1.807) is 12.1 Å². The van der Waals surface area contributed by atoms with Crippen LogP contribution >= 0.6 is 0 Å². The molecule has 0 amide bonds. The van der Waals surface area contributed by atoms with Crippen LogP contribution < -0.4 is 22.7 Å². The van der Waals surface area contributed by atoms with E-state index >= 15 is 0 Å². The molecule has 0 spiro atoms. The van der Waals surface area contributed by atoms with Gasteiger partial charge in [0.05, 0.1) is 11.6 Å². The van der Waals surface area contributed by atoms with Gasteiger partial charge in [-0.1, -0.05) is 6.07 Å². The fourth-order valence-corrected chi connectivity index (χ4v) is 0.641. The highest BCUT2D eigenvalue weighted by Gasteiger charge is 1.89. The summed E-state index contributed by atoms with van der Waals surface area (Å²) in [5.74, 6) is 0. The number of hydrogen-bond acceptors (Lipinski definition) is 1. The Hall–Kier alpha value is -0.850. The summed E-state index contributed by atoms with van der Waals surface area (Å²) in [7, 11) is 0. The van der Waals surface area contributed by atoms with Crippen LogP contribution in [-0.4, -0.2) is 0 Å². The molecule has 0 aliphatic rings. The van der Waals surface area contributed by atoms with Crippen LogP contribution in [0.3, 0.4) is 0 Å². The lowest BCUT2D eigenvalue weighted by Crippen LogP contribution is -3.00. The summed E-state index contributed by atoms with van der Waals surface area (Å²) in [6, 6.07) is 9.22. The van der Waals surface area contributed by atoms with Gasteiger partial charge in [0.2, 0.25) is 0 Å². The van der Waals surface area contributed by atoms with Gasteiger partial charge < -0.3 is 22.7 Å². The molecule has 52 valence electrons. The minimum atomic E-state index is 0. The summed E-state index contributed by atoms with van der Waals surface area (Å²) in [6.45, 7) is 0. The molecule has 0 unspecified atom stereocenters. The molecule has 0 saturated carbocycles. The largest absolute Gasteiger partial charge is 1.00 e. The molecule has 0 atom stereocenters. The quantitative estimate of drug-likeness (QED) is 0.490. The van der Waals surface area contributed by atoms with Crippen LogP contribution in [0.5, 0.6) is 0 Å². The maximum absolute atomic E-state index is 8.38. The van der Waals surface area contributed by atoms with Gasteiger partial charge in [-0.05, 0) is 12.1 Å². The molecule has 2 nitrogen and oxygen atoms in total. The van der Waals surface area contributed by atoms with Crippen LogP contribution in [-0.2, 0) is 0 Å². The third-order valence-corrected chi connectivity index (χ3v) is 1.06. The highest BCUT2D eigenvalue weighted by Crippen LogP contribution is 2.01. The first-order chi connectivity index (χ1) is 4.33. The lowest BCUT2D eigenvalue weighted by Gasteiger charge is -1.85. The fourth-order valence-electron chi connectivity index (χ4n) is 0.641. The second-order valence-electron chi connectivity index (χ2n) is 1.81. The Kier molecular flexibility index (Phi) is 3.70. The summed E-state index contributed by atoms with van der Waals surface area (Å²) in [5.41, 5.74) is 5.23. The van der Waals surface area contributed by atoms with Crippen LogP contribution in [0.25, 0.3) is 0 Å². The Labute approximate surface area is 70.0 Å². The van der Waals surface area contributed by atoms with Gasteiger partial charge in [0, 0.05) is 6.07 Å². The average molecular weight is 199 g/mol. The van der Waals surface area contributed by atoms with Crippen molar-refractivity contribution in [1.82, 2.24) is 0 Å². The first-order valence-corrected chi connectivity index (χ1v) is 2.65. The lowest BCUT2D eigenvalue weighted by atomic mass is 10.2. The van der Waals surface area contributed by atoms with Crippen LogP contribution in [0.2, 0.25) is 0 Å². The highest BCUT2D eigenvalue weighted by molar-refractivity contribution is 5.38.